The predicted molar refractivity (Wildman–Crippen MR) is 134 cm³/mol. The fourth-order valence-electron chi connectivity index (χ4n) is 3.60. The summed E-state index contributed by atoms with van der Waals surface area (Å²) in [7, 11) is 0. The number of aliphatic hydroxyl groups excluding tert-OH is 1. The van der Waals surface area contributed by atoms with Crippen molar-refractivity contribution in [2.45, 2.75) is 12.6 Å². The van der Waals surface area contributed by atoms with Gasteiger partial charge in [-0.3, -0.25) is 15.3 Å². The number of nitrogens with one attached hydrogen (secondary N) is 2. The molecule has 1 aromatic heterocycles. The summed E-state index contributed by atoms with van der Waals surface area (Å²) in [5, 5.41) is 37.7. The van der Waals surface area contributed by atoms with Crippen molar-refractivity contribution in [2.75, 3.05) is 6.54 Å². The summed E-state index contributed by atoms with van der Waals surface area (Å²) < 4.78 is 0. The van der Waals surface area contributed by atoms with Crippen LogP contribution < -0.4 is 5.43 Å². The number of aliphatic carboxylic acids is 1. The minimum atomic E-state index is -1.71. The summed E-state index contributed by atoms with van der Waals surface area (Å²) in [5.41, 5.74) is 6.20. The number of carboxylic acids is 1. The minimum Gasteiger partial charge on any atom is -0.507 e. The monoisotopic (exact) mass is 506 g/mol. The first-order chi connectivity index (χ1) is 17.3. The molecule has 9 nitrogen and oxygen atoms in total. The molecule has 0 aliphatic rings. The Kier molecular flexibility index (Phi) is 7.65. The van der Waals surface area contributed by atoms with Gasteiger partial charge in [-0.1, -0.05) is 60.1 Å². The SMILES string of the molecule is O=C(NN(Cc1ccc(-c2cccc(Cl)c2)cc1)CC(O)C(=O)O)c1cc(-c2ccccc2O)n[nH]1. The van der Waals surface area contributed by atoms with Gasteiger partial charge < -0.3 is 15.3 Å². The van der Waals surface area contributed by atoms with Crippen LogP contribution in [0.2, 0.25) is 5.02 Å². The van der Waals surface area contributed by atoms with Gasteiger partial charge in [0.05, 0.1) is 12.2 Å². The topological polar surface area (TPSA) is 139 Å². The number of benzene rings is 3. The van der Waals surface area contributed by atoms with E-state index in [4.69, 9.17) is 16.7 Å². The molecule has 3 aromatic carbocycles. The van der Waals surface area contributed by atoms with Crippen LogP contribution in [0.3, 0.4) is 0 Å². The van der Waals surface area contributed by atoms with E-state index >= 15 is 0 Å². The molecule has 0 bridgehead atoms. The number of hydrogen-bond acceptors (Lipinski definition) is 6. The maximum Gasteiger partial charge on any atom is 0.333 e. The zero-order valence-corrected chi connectivity index (χ0v) is 19.7. The van der Waals surface area contributed by atoms with Gasteiger partial charge in [-0.2, -0.15) is 5.10 Å². The molecule has 0 radical (unpaired) electrons. The Hall–Kier alpha value is -4.18. The normalized spacial score (nSPS) is 11.9. The van der Waals surface area contributed by atoms with E-state index in [2.05, 4.69) is 15.6 Å². The van der Waals surface area contributed by atoms with Gasteiger partial charge in [0, 0.05) is 17.1 Å². The number of hydrogen-bond donors (Lipinski definition) is 5. The van der Waals surface area contributed by atoms with Gasteiger partial charge in [-0.05, 0) is 47.0 Å². The lowest BCUT2D eigenvalue weighted by Crippen LogP contribution is -2.47. The molecule has 184 valence electrons. The molecule has 1 unspecified atom stereocenters. The van der Waals surface area contributed by atoms with E-state index in [0.29, 0.717) is 16.3 Å². The smallest absolute Gasteiger partial charge is 0.333 e. The van der Waals surface area contributed by atoms with Crippen molar-refractivity contribution in [2.24, 2.45) is 0 Å². The highest BCUT2D eigenvalue weighted by atomic mass is 35.5. The van der Waals surface area contributed by atoms with Crippen LogP contribution in [0.4, 0.5) is 0 Å². The molecular formula is C26H23ClN4O5. The number of nitrogens with zero attached hydrogens (tertiary/aromatic N) is 2. The van der Waals surface area contributed by atoms with E-state index in [0.717, 1.165) is 16.7 Å². The molecule has 0 saturated carbocycles. The van der Waals surface area contributed by atoms with Gasteiger partial charge in [0.25, 0.3) is 5.91 Å². The first-order valence-corrected chi connectivity index (χ1v) is 11.3. The fourth-order valence-corrected chi connectivity index (χ4v) is 3.79. The maximum absolute atomic E-state index is 12.9. The van der Waals surface area contributed by atoms with Crippen molar-refractivity contribution in [3.05, 3.63) is 95.1 Å². The van der Waals surface area contributed by atoms with E-state index in [1.54, 1.807) is 24.3 Å². The third kappa shape index (κ3) is 6.08. The Labute approximate surface area is 211 Å². The molecule has 36 heavy (non-hydrogen) atoms. The second-order valence-electron chi connectivity index (χ2n) is 8.07. The first kappa shape index (κ1) is 24.9. The van der Waals surface area contributed by atoms with Gasteiger partial charge in [-0.15, -0.1) is 0 Å². The average Bonchev–Trinajstić information content (AvgIpc) is 3.35. The van der Waals surface area contributed by atoms with Gasteiger partial charge in [0.1, 0.15) is 11.4 Å². The third-order valence-electron chi connectivity index (χ3n) is 5.43. The predicted octanol–water partition coefficient (Wildman–Crippen LogP) is 3.70. The van der Waals surface area contributed by atoms with Crippen LogP contribution in [0.15, 0.2) is 78.9 Å². The van der Waals surface area contributed by atoms with Crippen LogP contribution in [-0.4, -0.2) is 55.1 Å². The van der Waals surface area contributed by atoms with Gasteiger partial charge in [0.2, 0.25) is 0 Å². The highest BCUT2D eigenvalue weighted by molar-refractivity contribution is 6.30. The number of phenols is 1. The molecule has 0 saturated heterocycles. The molecule has 1 amide bonds. The standard InChI is InChI=1S/C26H23ClN4O5/c27-19-5-3-4-18(12-19)17-10-8-16(9-11-17)14-31(15-24(33)26(35)36)30-25(34)22-13-21(28-29-22)20-6-1-2-7-23(20)32/h1-13,24,32-33H,14-15H2,(H,28,29)(H,30,34)(H,35,36). The van der Waals surface area contributed by atoms with Crippen LogP contribution in [-0.2, 0) is 11.3 Å². The van der Waals surface area contributed by atoms with Crippen molar-refractivity contribution >= 4 is 23.5 Å². The highest BCUT2D eigenvalue weighted by Gasteiger charge is 2.22. The number of hydrazine groups is 1. The Bertz CT molecular complexity index is 1370. The van der Waals surface area contributed by atoms with E-state index in [1.165, 1.54) is 17.1 Å². The van der Waals surface area contributed by atoms with Crippen LogP contribution in [0.25, 0.3) is 22.4 Å². The summed E-state index contributed by atoms with van der Waals surface area (Å²) in [6, 6.07) is 22.9. The Morgan fingerprint density at radius 2 is 1.75 bits per heavy atom. The number of carbonyl (C=O) groups excluding carboxylic acids is 1. The van der Waals surface area contributed by atoms with Crippen LogP contribution in [0, 0.1) is 0 Å². The van der Waals surface area contributed by atoms with Gasteiger partial charge in [-0.25, -0.2) is 9.80 Å². The number of carboxylic acid groups (broad SMARTS) is 1. The van der Waals surface area contributed by atoms with Gasteiger partial charge >= 0.3 is 5.97 Å². The molecule has 4 aromatic rings. The number of halogens is 1. The number of aromatic hydroxyl groups is 1. The molecule has 0 aliphatic carbocycles. The van der Waals surface area contributed by atoms with Crippen LogP contribution in [0.1, 0.15) is 16.1 Å². The summed E-state index contributed by atoms with van der Waals surface area (Å²) in [6.07, 6.45) is -1.71. The molecule has 1 heterocycles. The van der Waals surface area contributed by atoms with E-state index < -0.39 is 18.0 Å². The van der Waals surface area contributed by atoms with Crippen molar-refractivity contribution < 1.29 is 24.9 Å². The van der Waals surface area contributed by atoms with Crippen molar-refractivity contribution in [3.63, 3.8) is 0 Å². The average molecular weight is 507 g/mol. The second kappa shape index (κ2) is 11.0. The van der Waals surface area contributed by atoms with E-state index in [1.807, 2.05) is 42.5 Å². The Morgan fingerprint density at radius 1 is 1.00 bits per heavy atom. The largest absolute Gasteiger partial charge is 0.507 e. The van der Waals surface area contributed by atoms with Crippen LogP contribution >= 0.6 is 11.6 Å². The minimum absolute atomic E-state index is 0.0170. The third-order valence-corrected chi connectivity index (χ3v) is 5.66. The molecule has 0 aliphatic heterocycles. The zero-order valence-electron chi connectivity index (χ0n) is 18.9. The summed E-state index contributed by atoms with van der Waals surface area (Å²) in [6.45, 7) is -0.218. The van der Waals surface area contributed by atoms with E-state index in [9.17, 15) is 19.8 Å². The molecule has 1 atom stereocenters. The number of aliphatic hydroxyl groups is 1. The summed E-state index contributed by atoms with van der Waals surface area (Å²) in [4.78, 5) is 24.1. The molecule has 0 spiro atoms. The number of H-pyrrole nitrogens is 1. The van der Waals surface area contributed by atoms with Crippen LogP contribution in [0.5, 0.6) is 5.75 Å². The number of carbonyl (C=O) groups is 2. The first-order valence-electron chi connectivity index (χ1n) is 11.0. The molecule has 10 heteroatoms. The van der Waals surface area contributed by atoms with Crippen molar-refractivity contribution in [3.8, 4) is 28.1 Å². The Morgan fingerprint density at radius 3 is 2.44 bits per heavy atom. The molecule has 0 fully saturated rings. The number of aromatic nitrogens is 2. The molecule has 5 N–H and O–H groups in total. The number of para-hydroxylation sites is 1. The molecule has 4 rings (SSSR count). The van der Waals surface area contributed by atoms with Crippen molar-refractivity contribution in [1.82, 2.24) is 20.6 Å². The lowest BCUT2D eigenvalue weighted by Gasteiger charge is -2.24. The second-order valence-corrected chi connectivity index (χ2v) is 8.50. The lowest BCUT2D eigenvalue weighted by atomic mass is 10.0. The quantitative estimate of drug-likeness (QED) is 0.218. The van der Waals surface area contributed by atoms with Crippen molar-refractivity contribution in [1.29, 1.82) is 0 Å². The number of amides is 1. The summed E-state index contributed by atoms with van der Waals surface area (Å²) in [5.74, 6) is -1.98. The fraction of sp³-hybridized carbons (Fsp3) is 0.115. The number of rotatable bonds is 9. The van der Waals surface area contributed by atoms with Gasteiger partial charge in [0.15, 0.2) is 6.10 Å². The zero-order chi connectivity index (χ0) is 25.7. The number of aromatic amines is 1. The Balaban J connectivity index is 1.50. The maximum atomic E-state index is 12.9. The molecular weight excluding hydrogens is 484 g/mol. The summed E-state index contributed by atoms with van der Waals surface area (Å²) >= 11 is 6.07. The lowest BCUT2D eigenvalue weighted by molar-refractivity contribution is -0.148. The van der Waals surface area contributed by atoms with E-state index in [-0.39, 0.29) is 24.5 Å². The number of phenolic OH excluding ortho intramolecular Hbond substituents is 1. The highest BCUT2D eigenvalue weighted by Crippen LogP contribution is 2.27.